The number of rotatable bonds is 3. The molecule has 0 unspecified atom stereocenters. The topological polar surface area (TPSA) is 33.2 Å². The molecule has 0 saturated heterocycles. The molecule has 0 saturated carbocycles. The minimum Gasteiger partial charge on any atom is -0.336 e. The number of benzene rings is 1. The van der Waals surface area contributed by atoms with Gasteiger partial charge in [-0.2, -0.15) is 0 Å². The zero-order chi connectivity index (χ0) is 14.7. The first kappa shape index (κ1) is 14.5. The summed E-state index contributed by atoms with van der Waals surface area (Å²) >= 11 is 5.80. The van der Waals surface area contributed by atoms with Crippen molar-refractivity contribution in [2.24, 2.45) is 0 Å². The normalized spacial score (nSPS) is 10.4. The van der Waals surface area contributed by atoms with Gasteiger partial charge >= 0.3 is 0 Å². The third-order valence-corrected chi connectivity index (χ3v) is 3.09. The highest BCUT2D eigenvalue weighted by Gasteiger charge is 2.17. The Morgan fingerprint density at radius 1 is 1.35 bits per heavy atom. The Labute approximate surface area is 122 Å². The summed E-state index contributed by atoms with van der Waals surface area (Å²) in [5, 5.41) is 0.330. The summed E-state index contributed by atoms with van der Waals surface area (Å²) in [5.41, 5.74) is 1.59. The first-order chi connectivity index (χ1) is 9.47. The van der Waals surface area contributed by atoms with Crippen LogP contribution in [-0.2, 0) is 6.54 Å². The number of hydrogen-bond acceptors (Lipinski definition) is 2. The largest absolute Gasteiger partial charge is 0.336 e. The molecule has 0 spiro atoms. The highest BCUT2D eigenvalue weighted by molar-refractivity contribution is 6.30. The molecule has 0 atom stereocenters. The Kier molecular flexibility index (Phi) is 4.35. The van der Waals surface area contributed by atoms with E-state index in [-0.39, 0.29) is 5.56 Å². The number of aromatic nitrogens is 1. The third kappa shape index (κ3) is 3.33. The number of carbonyl (C=O) groups excluding carboxylic acids is 1. The lowest BCUT2D eigenvalue weighted by Gasteiger charge is -2.17. The summed E-state index contributed by atoms with van der Waals surface area (Å²) in [7, 11) is 1.60. The lowest BCUT2D eigenvalue weighted by atomic mass is 10.2. The van der Waals surface area contributed by atoms with Gasteiger partial charge in [0, 0.05) is 17.8 Å². The number of nitrogens with zero attached hydrogens (tertiary/aromatic N) is 2. The zero-order valence-corrected chi connectivity index (χ0v) is 12.0. The van der Waals surface area contributed by atoms with Gasteiger partial charge in [-0.25, -0.2) is 4.39 Å². The molecule has 1 aromatic heterocycles. The molecule has 1 aromatic carbocycles. The maximum atomic E-state index is 13.7. The van der Waals surface area contributed by atoms with E-state index >= 15 is 0 Å². The Bertz CT molecular complexity index is 646. The molecule has 1 heterocycles. The summed E-state index contributed by atoms with van der Waals surface area (Å²) in [6.07, 6.45) is 0. The van der Waals surface area contributed by atoms with Gasteiger partial charge in [-0.3, -0.25) is 9.78 Å². The van der Waals surface area contributed by atoms with E-state index in [9.17, 15) is 9.18 Å². The molecule has 0 aliphatic carbocycles. The van der Waals surface area contributed by atoms with Crippen molar-refractivity contribution >= 4 is 17.5 Å². The second-order valence-corrected chi connectivity index (χ2v) is 4.99. The highest BCUT2D eigenvalue weighted by atomic mass is 35.5. The quantitative estimate of drug-likeness (QED) is 0.868. The van der Waals surface area contributed by atoms with Crippen LogP contribution in [0.4, 0.5) is 4.39 Å². The molecule has 3 nitrogen and oxygen atoms in total. The molecule has 2 rings (SSSR count). The van der Waals surface area contributed by atoms with Crippen molar-refractivity contribution in [3.63, 3.8) is 0 Å². The fourth-order valence-corrected chi connectivity index (χ4v) is 2.04. The van der Waals surface area contributed by atoms with Crippen LogP contribution in [0.2, 0.25) is 5.02 Å². The van der Waals surface area contributed by atoms with Gasteiger partial charge in [0.15, 0.2) is 0 Å². The first-order valence-electron chi connectivity index (χ1n) is 6.10. The molecule has 0 fully saturated rings. The fourth-order valence-electron chi connectivity index (χ4n) is 1.87. The number of hydrogen-bond donors (Lipinski definition) is 0. The molecule has 0 bridgehead atoms. The van der Waals surface area contributed by atoms with Crippen LogP contribution in [0.15, 0.2) is 36.4 Å². The van der Waals surface area contributed by atoms with Crippen LogP contribution >= 0.6 is 11.6 Å². The van der Waals surface area contributed by atoms with E-state index in [1.54, 1.807) is 7.05 Å². The Hall–Kier alpha value is -1.94. The predicted molar refractivity (Wildman–Crippen MR) is 76.2 cm³/mol. The van der Waals surface area contributed by atoms with Gasteiger partial charge in [0.25, 0.3) is 5.91 Å². The molecule has 2 aromatic rings. The molecular weight excluding hydrogens is 279 g/mol. The minimum absolute atomic E-state index is 0.0346. The van der Waals surface area contributed by atoms with Crippen molar-refractivity contribution < 1.29 is 9.18 Å². The molecule has 1 amide bonds. The summed E-state index contributed by atoms with van der Waals surface area (Å²) in [6.45, 7) is 2.19. The third-order valence-electron chi connectivity index (χ3n) is 2.85. The number of amides is 1. The van der Waals surface area contributed by atoms with E-state index in [1.165, 1.54) is 23.1 Å². The van der Waals surface area contributed by atoms with Crippen molar-refractivity contribution in [2.75, 3.05) is 7.05 Å². The van der Waals surface area contributed by atoms with Crippen LogP contribution in [-0.4, -0.2) is 22.8 Å². The molecule has 0 radical (unpaired) electrons. The van der Waals surface area contributed by atoms with Crippen molar-refractivity contribution in [2.45, 2.75) is 13.5 Å². The van der Waals surface area contributed by atoms with E-state index in [0.29, 0.717) is 11.6 Å². The molecule has 20 heavy (non-hydrogen) atoms. The summed E-state index contributed by atoms with van der Waals surface area (Å²) in [6, 6.07) is 9.51. The lowest BCUT2D eigenvalue weighted by Crippen LogP contribution is -2.27. The number of aryl methyl sites for hydroxylation is 1. The SMILES string of the molecule is Cc1cccc(CN(C)C(=O)c2cc(Cl)ccc2F)n1. The highest BCUT2D eigenvalue weighted by Crippen LogP contribution is 2.17. The van der Waals surface area contributed by atoms with Crippen LogP contribution in [0.25, 0.3) is 0 Å². The van der Waals surface area contributed by atoms with Gasteiger partial charge in [-0.1, -0.05) is 17.7 Å². The van der Waals surface area contributed by atoms with Crippen molar-refractivity contribution in [1.82, 2.24) is 9.88 Å². The molecule has 0 aliphatic heterocycles. The van der Waals surface area contributed by atoms with Gasteiger partial charge in [-0.05, 0) is 37.3 Å². The van der Waals surface area contributed by atoms with E-state index in [1.807, 2.05) is 25.1 Å². The van der Waals surface area contributed by atoms with Crippen molar-refractivity contribution in [3.8, 4) is 0 Å². The summed E-state index contributed by atoms with van der Waals surface area (Å²) in [4.78, 5) is 17.9. The van der Waals surface area contributed by atoms with E-state index in [0.717, 1.165) is 11.4 Å². The van der Waals surface area contributed by atoms with E-state index in [4.69, 9.17) is 11.6 Å². The van der Waals surface area contributed by atoms with Crippen LogP contribution in [0, 0.1) is 12.7 Å². The van der Waals surface area contributed by atoms with Crippen LogP contribution in [0.1, 0.15) is 21.7 Å². The average Bonchev–Trinajstić information content (AvgIpc) is 2.40. The van der Waals surface area contributed by atoms with Gasteiger partial charge in [0.2, 0.25) is 0 Å². The predicted octanol–water partition coefficient (Wildman–Crippen LogP) is 3.45. The number of pyridine rings is 1. The molecule has 0 aliphatic rings. The van der Waals surface area contributed by atoms with Crippen molar-refractivity contribution in [3.05, 3.63) is 64.2 Å². The van der Waals surface area contributed by atoms with Crippen LogP contribution < -0.4 is 0 Å². The van der Waals surface area contributed by atoms with Crippen LogP contribution in [0.3, 0.4) is 0 Å². The molecular formula is C15H14ClFN2O. The molecule has 0 N–H and O–H groups in total. The Morgan fingerprint density at radius 2 is 2.10 bits per heavy atom. The lowest BCUT2D eigenvalue weighted by molar-refractivity contribution is 0.0778. The van der Waals surface area contributed by atoms with E-state index < -0.39 is 11.7 Å². The Balaban J connectivity index is 2.18. The number of halogens is 2. The first-order valence-corrected chi connectivity index (χ1v) is 6.48. The minimum atomic E-state index is -0.580. The second-order valence-electron chi connectivity index (χ2n) is 4.56. The zero-order valence-electron chi connectivity index (χ0n) is 11.2. The molecule has 104 valence electrons. The fraction of sp³-hybridized carbons (Fsp3) is 0.200. The second kappa shape index (κ2) is 6.01. The number of carbonyl (C=O) groups is 1. The summed E-state index contributed by atoms with van der Waals surface area (Å²) in [5.74, 6) is -1.00. The monoisotopic (exact) mass is 292 g/mol. The van der Waals surface area contributed by atoms with Gasteiger partial charge in [0.1, 0.15) is 5.82 Å². The standard InChI is InChI=1S/C15H14ClFN2O/c1-10-4-3-5-12(18-10)9-19(2)15(20)13-8-11(16)6-7-14(13)17/h3-8H,9H2,1-2H3. The van der Waals surface area contributed by atoms with Gasteiger partial charge < -0.3 is 4.90 Å². The van der Waals surface area contributed by atoms with Gasteiger partial charge in [0.05, 0.1) is 17.8 Å². The summed E-state index contributed by atoms with van der Waals surface area (Å²) < 4.78 is 13.7. The average molecular weight is 293 g/mol. The van der Waals surface area contributed by atoms with Crippen molar-refractivity contribution in [1.29, 1.82) is 0 Å². The maximum Gasteiger partial charge on any atom is 0.256 e. The van der Waals surface area contributed by atoms with Gasteiger partial charge in [-0.15, -0.1) is 0 Å². The smallest absolute Gasteiger partial charge is 0.256 e. The Morgan fingerprint density at radius 3 is 2.80 bits per heavy atom. The van der Waals surface area contributed by atoms with Crippen LogP contribution in [0.5, 0.6) is 0 Å². The maximum absolute atomic E-state index is 13.7. The molecule has 5 heteroatoms. The van der Waals surface area contributed by atoms with E-state index in [2.05, 4.69) is 4.98 Å².